The molecule has 2 aliphatic heterocycles. The van der Waals surface area contributed by atoms with Crippen LogP contribution >= 0.6 is 11.8 Å². The fourth-order valence-corrected chi connectivity index (χ4v) is 10.2. The molecule has 0 amide bonds. The number of alkyl halides is 2. The monoisotopic (exact) mass is 2030 g/mol. The molecule has 2 saturated heterocycles. The minimum absolute atomic E-state index is 0. The van der Waals surface area contributed by atoms with Crippen LogP contribution in [0.1, 0.15) is 38.7 Å². The van der Waals surface area contributed by atoms with Gasteiger partial charge in [-0.3, -0.25) is 19.4 Å². The Morgan fingerprint density at radius 3 is 1.09 bits per heavy atom. The summed E-state index contributed by atoms with van der Waals surface area (Å²) < 4.78 is 131. The van der Waals surface area contributed by atoms with Crippen LogP contribution in [-0.4, -0.2) is 437 Å². The number of sulfone groups is 1. The number of halogens is 2. The number of benzene rings is 1. The van der Waals surface area contributed by atoms with E-state index in [0.717, 1.165) is 148 Å². The van der Waals surface area contributed by atoms with Gasteiger partial charge in [0.05, 0.1) is 90.4 Å². The van der Waals surface area contributed by atoms with Gasteiger partial charge in [-0.2, -0.15) is 11.8 Å². The summed E-state index contributed by atoms with van der Waals surface area (Å²) in [5.41, 5.74) is 1.21. The molecule has 2 fully saturated rings. The highest BCUT2D eigenvalue weighted by Crippen LogP contribution is 2.27. The van der Waals surface area contributed by atoms with Gasteiger partial charge in [0.15, 0.2) is 0 Å². The van der Waals surface area contributed by atoms with E-state index in [0.29, 0.717) is 63.6 Å². The van der Waals surface area contributed by atoms with E-state index in [1.807, 2.05) is 113 Å². The zero-order chi connectivity index (χ0) is 106. The van der Waals surface area contributed by atoms with E-state index in [1.165, 1.54) is 73.6 Å². The van der Waals surface area contributed by atoms with E-state index in [2.05, 4.69) is 52.3 Å². The Hall–Kier alpha value is -12.5. The number of nitrogens with zero attached hydrogens (tertiary/aromatic N) is 7. The highest BCUT2D eigenvalue weighted by molar-refractivity contribution is 7.99. The number of quaternary nitrogens is 1. The van der Waals surface area contributed by atoms with Gasteiger partial charge >= 0.3 is 95.5 Å². The van der Waals surface area contributed by atoms with Crippen LogP contribution in [0.2, 0.25) is 0 Å². The number of aryl methyl sites for hydroxylation is 1. The number of carbonyl (C=O) groups is 18. The number of likely N-dealkylation sites (N-methyl/N-ethyl adjacent to an activating group) is 4. The lowest BCUT2D eigenvalue weighted by Crippen LogP contribution is -2.40. The number of rotatable bonds is 50. The largest absolute Gasteiger partial charge is 0.466 e. The summed E-state index contributed by atoms with van der Waals surface area (Å²) in [7, 11) is 22.1. The molecule has 0 aromatic heterocycles. The maximum atomic E-state index is 12.9. The average molecular weight is 2030 g/mol. The van der Waals surface area contributed by atoms with Crippen LogP contribution in [0, 0.1) is 7.43 Å². The Morgan fingerprint density at radius 2 is 0.755 bits per heavy atom. The van der Waals surface area contributed by atoms with Crippen molar-refractivity contribution in [3.05, 3.63) is 141 Å². The van der Waals surface area contributed by atoms with Crippen molar-refractivity contribution in [2.24, 2.45) is 0 Å². The molecule has 45 nitrogen and oxygen atoms in total. The third-order valence-corrected chi connectivity index (χ3v) is 18.2. The molecule has 788 valence electrons. The third-order valence-electron chi connectivity index (χ3n) is 16.3. The van der Waals surface area contributed by atoms with Crippen LogP contribution in [0.25, 0.3) is 0 Å². The third kappa shape index (κ3) is 96.9. The van der Waals surface area contributed by atoms with E-state index < -0.39 is 111 Å². The zero-order valence-corrected chi connectivity index (χ0v) is 84.4. The molecular formula is C90H139F2N7O38S2. The second-order valence-corrected chi connectivity index (χ2v) is 32.7. The van der Waals surface area contributed by atoms with Gasteiger partial charge in [-0.1, -0.05) is 30.3 Å². The summed E-state index contributed by atoms with van der Waals surface area (Å²) in [4.78, 5) is 206. The first-order chi connectivity index (χ1) is 65.0. The van der Waals surface area contributed by atoms with Gasteiger partial charge in [0.1, 0.15) is 75.6 Å². The second-order valence-electron chi connectivity index (χ2n) is 29.2. The van der Waals surface area contributed by atoms with Crippen LogP contribution < -0.4 is 0 Å². The Labute approximate surface area is 815 Å². The number of ether oxygens (including phenoxy) is 18. The number of hydrogen-bond donors (Lipinski definition) is 0. The Bertz CT molecular complexity index is 4110. The SMILES string of the molecule is COC(=O)/C=C/C(=O)OC(C)CN(C)C.COC(=O)/C=C/C(=O)OCC(C)N(C)C.COC(=O)/C=C/C(=O)OCCCc1ccccc1.COC(=O)/C=C/C(=O)OCCN(C)CCS(C)(=O)=O.COC(=O)/C=C/C(=O)OCCN(COC=O)COC=O.COC(=O)/C=C/C(=O)OCCN1CCC(F)(F)CC1.COC(=O)/C=C/C(=O)OCCN1CCSCC1.COC(=O)/C=C/C(=O)OCC[N+](C)(C)C.[CH3-]. The van der Waals surface area contributed by atoms with Crippen molar-refractivity contribution in [1.82, 2.24) is 29.4 Å². The van der Waals surface area contributed by atoms with Gasteiger partial charge in [-0.25, -0.2) is 98.8 Å². The Morgan fingerprint density at radius 1 is 0.439 bits per heavy atom. The number of piperidine rings is 1. The Kier molecular flexibility index (Phi) is 85.9. The molecule has 2 unspecified atom stereocenters. The highest BCUT2D eigenvalue weighted by Gasteiger charge is 2.34. The van der Waals surface area contributed by atoms with E-state index in [9.17, 15) is 104 Å². The van der Waals surface area contributed by atoms with Gasteiger partial charge in [0.2, 0.25) is 0 Å². The molecule has 49 heteroatoms. The molecule has 2 aliphatic rings. The van der Waals surface area contributed by atoms with E-state index >= 15 is 0 Å². The van der Waals surface area contributed by atoms with E-state index in [-0.39, 0.29) is 97.5 Å². The van der Waals surface area contributed by atoms with Crippen molar-refractivity contribution in [1.29, 1.82) is 0 Å². The number of likely N-dealkylation sites (tertiary alicyclic amines) is 1. The van der Waals surface area contributed by atoms with Crippen molar-refractivity contribution in [2.45, 2.75) is 57.6 Å². The highest BCUT2D eigenvalue weighted by atomic mass is 32.2. The lowest BCUT2D eigenvalue weighted by Gasteiger charge is -2.31. The molecule has 0 bridgehead atoms. The second kappa shape index (κ2) is 87.0. The van der Waals surface area contributed by atoms with Crippen LogP contribution in [0.3, 0.4) is 0 Å². The maximum absolute atomic E-state index is 12.9. The molecule has 0 N–H and O–H groups in total. The number of thioether (sulfide) groups is 1. The molecule has 0 spiro atoms. The Balaban J connectivity index is -0.000000364. The molecule has 2 atom stereocenters. The molecule has 0 radical (unpaired) electrons. The first kappa shape index (κ1) is 137. The lowest BCUT2D eigenvalue weighted by molar-refractivity contribution is -0.870. The summed E-state index contributed by atoms with van der Waals surface area (Å²) in [5, 5.41) is 0. The smallest absolute Gasteiger partial charge is 0.331 e. The van der Waals surface area contributed by atoms with Gasteiger partial charge in [0, 0.05) is 199 Å². The van der Waals surface area contributed by atoms with Crippen molar-refractivity contribution in [2.75, 3.05) is 268 Å². The first-order valence-electron chi connectivity index (χ1n) is 41.7. The molecule has 1 aromatic carbocycles. The summed E-state index contributed by atoms with van der Waals surface area (Å²) in [5.74, 6) is -9.78. The van der Waals surface area contributed by atoms with Crippen molar-refractivity contribution >= 4 is 130 Å². The number of hydrogen-bond acceptors (Lipinski definition) is 45. The van der Waals surface area contributed by atoms with Crippen molar-refractivity contribution < 1.29 is 193 Å². The fraction of sp³-hybridized carbons (Fsp3) is 0.544. The summed E-state index contributed by atoms with van der Waals surface area (Å²) >= 11 is 1.94. The molecule has 0 aliphatic carbocycles. The topological polar surface area (TPSA) is 527 Å². The van der Waals surface area contributed by atoms with Crippen molar-refractivity contribution in [3.63, 3.8) is 0 Å². The van der Waals surface area contributed by atoms with Crippen LogP contribution in [0.4, 0.5) is 8.78 Å². The predicted molar refractivity (Wildman–Crippen MR) is 500 cm³/mol. The van der Waals surface area contributed by atoms with Gasteiger partial charge in [-0.05, 0) is 67.5 Å². The first-order valence-corrected chi connectivity index (χ1v) is 45.0. The molecule has 139 heavy (non-hydrogen) atoms. The minimum Gasteiger partial charge on any atom is -0.466 e. The van der Waals surface area contributed by atoms with Crippen LogP contribution in [-0.2, 0) is 188 Å². The van der Waals surface area contributed by atoms with E-state index in [4.69, 9.17) is 37.9 Å². The lowest BCUT2D eigenvalue weighted by atomic mass is 10.1. The van der Waals surface area contributed by atoms with Crippen LogP contribution in [0.5, 0.6) is 0 Å². The minimum atomic E-state index is -2.99. The molecular weight excluding hydrogens is 1890 g/mol. The van der Waals surface area contributed by atoms with Gasteiger partial charge in [-0.15, -0.1) is 0 Å². The quantitative estimate of drug-likeness (QED) is 0.0132. The fourth-order valence-electron chi connectivity index (χ4n) is 8.55. The normalized spacial score (nSPS) is 13.1. The van der Waals surface area contributed by atoms with Gasteiger partial charge in [0.25, 0.3) is 18.9 Å². The molecule has 0 saturated carbocycles. The predicted octanol–water partition coefficient (Wildman–Crippen LogP) is 2.08. The number of esters is 16. The molecule has 3 rings (SSSR count). The molecule has 1 aromatic rings. The zero-order valence-electron chi connectivity index (χ0n) is 82.7. The van der Waals surface area contributed by atoms with E-state index in [1.54, 1.807) is 18.9 Å². The molecule has 2 heterocycles. The van der Waals surface area contributed by atoms with Crippen molar-refractivity contribution in [3.8, 4) is 0 Å². The van der Waals surface area contributed by atoms with Gasteiger partial charge < -0.3 is 112 Å². The summed E-state index contributed by atoms with van der Waals surface area (Å²) in [6, 6.07) is 10.1. The number of carbonyl (C=O) groups excluding carboxylic acids is 18. The summed E-state index contributed by atoms with van der Waals surface area (Å²) in [6.45, 7) is 11.6. The number of methoxy groups -OCH3 is 8. The standard InChI is InChI=1S/C14H16O4.C12H17F2NO4.C11H15NO8.C11H19NO6S.C11H17NO4S.C10H18NO4.2C10H17NO4.CH3/c1-17-13(15)9-10-14(16)18-11-5-8-12-6-3-2-4-7-12;1-18-10(16)2-3-11(17)19-9-8-15-6-4-12(13,14)5-7-15;1-17-10(15)2-3-11(16)20-5-4-12(6-18-8-13)7-19-9-14;1-12(7-9-19(3,15)16)6-8-18-11(14)5-4-10(13)17-2;1-15-10(13)2-3-11(14)16-7-4-12-5-8-17-9-6-12;1-11(2,3)7-8-15-10(13)6-5-9(12)14-4;1-8(11(2)3)7-15-10(13)6-5-9(12)14-4;1-8(7-11(2)3)15-10(13)6-5-9(12)14-4;/h2-4,6-7,9-10H,5,8,11H2,1H3;2-3H,4-9H2,1H3;2-3,8-9H,4-7H2,1H3;4-5H,6-9H2,1-3H3;2-3H,4-9H2,1H3;5-6H,7-8H2,1-4H3;2*5-6,8H,7H2,1-4H3;1H3/q;;;;;+1;;;-1/b10-9+;2*3-2+;5-4+;3-2+;3*6-5+;. The van der Waals surface area contributed by atoms with Crippen LogP contribution in [0.15, 0.2) is 128 Å². The maximum Gasteiger partial charge on any atom is 0.331 e. The average Bonchev–Trinajstić information content (AvgIpc) is 0.872. The summed E-state index contributed by atoms with van der Waals surface area (Å²) in [6.07, 6.45) is 18.4.